The van der Waals surface area contributed by atoms with Crippen LogP contribution in [0.3, 0.4) is 0 Å². The molecule has 8 nitrogen and oxygen atoms in total. The molecular formula is C25H31ClN4O4S2. The maximum Gasteiger partial charge on any atom is 0.260 e. The van der Waals surface area contributed by atoms with Crippen molar-refractivity contribution in [2.75, 3.05) is 52.3 Å². The molecule has 0 saturated carbocycles. The second kappa shape index (κ2) is 11.0. The number of aromatic nitrogens is 1. The standard InChI is InChI=1S/C25H31ClN4O4S2/c1-17-11-13-29(14-12-17)36(32,33)19-7-5-18(6-8-19)24(31)30(16-15-28(2)3)25-27-22-21(34-4)10-9-20(26)23(22)35-25/h5-10,17H,11-16H2,1-4H3. The quantitative estimate of drug-likeness (QED) is 0.408. The van der Waals surface area contributed by atoms with Crippen LogP contribution in [0.5, 0.6) is 5.75 Å². The molecule has 0 N–H and O–H groups in total. The van der Waals surface area contributed by atoms with E-state index in [4.69, 9.17) is 16.3 Å². The molecule has 194 valence electrons. The molecule has 1 fully saturated rings. The van der Waals surface area contributed by atoms with Gasteiger partial charge in [0, 0.05) is 31.7 Å². The van der Waals surface area contributed by atoms with Crippen LogP contribution in [0.1, 0.15) is 30.1 Å². The Balaban J connectivity index is 1.64. The molecule has 11 heteroatoms. The highest BCUT2D eigenvalue weighted by atomic mass is 35.5. The summed E-state index contributed by atoms with van der Waals surface area (Å²) in [5.41, 5.74) is 0.988. The van der Waals surface area contributed by atoms with Gasteiger partial charge in [0.15, 0.2) is 5.13 Å². The number of thiazole rings is 1. The highest BCUT2D eigenvalue weighted by Crippen LogP contribution is 2.39. The maximum atomic E-state index is 13.6. The smallest absolute Gasteiger partial charge is 0.260 e. The number of piperidine rings is 1. The average molecular weight is 551 g/mol. The average Bonchev–Trinajstić information content (AvgIpc) is 3.30. The molecule has 1 saturated heterocycles. The first-order valence-electron chi connectivity index (χ1n) is 11.8. The molecule has 2 heterocycles. The lowest BCUT2D eigenvalue weighted by Crippen LogP contribution is -2.38. The van der Waals surface area contributed by atoms with Gasteiger partial charge in [0.05, 0.1) is 21.7 Å². The van der Waals surface area contributed by atoms with Gasteiger partial charge in [-0.2, -0.15) is 4.31 Å². The number of anilines is 1. The number of benzene rings is 2. The number of fused-ring (bicyclic) bond motifs is 1. The first-order chi connectivity index (χ1) is 17.1. The molecule has 3 aromatic rings. The first-order valence-corrected chi connectivity index (χ1v) is 14.4. The molecule has 1 aliphatic rings. The highest BCUT2D eigenvalue weighted by Gasteiger charge is 2.29. The Morgan fingerprint density at radius 1 is 1.14 bits per heavy atom. The van der Waals surface area contributed by atoms with E-state index in [0.29, 0.717) is 59.1 Å². The zero-order valence-electron chi connectivity index (χ0n) is 20.9. The highest BCUT2D eigenvalue weighted by molar-refractivity contribution is 7.89. The summed E-state index contributed by atoms with van der Waals surface area (Å²) in [4.78, 5) is 22.1. The van der Waals surface area contributed by atoms with Gasteiger partial charge in [0.1, 0.15) is 11.3 Å². The summed E-state index contributed by atoms with van der Waals surface area (Å²) in [6.45, 7) is 4.20. The van der Waals surface area contributed by atoms with Crippen LogP contribution in [0.15, 0.2) is 41.3 Å². The molecule has 36 heavy (non-hydrogen) atoms. The predicted molar refractivity (Wildman–Crippen MR) is 145 cm³/mol. The van der Waals surface area contributed by atoms with Gasteiger partial charge in [-0.15, -0.1) is 0 Å². The van der Waals surface area contributed by atoms with E-state index in [-0.39, 0.29) is 10.8 Å². The van der Waals surface area contributed by atoms with Gasteiger partial charge in [-0.25, -0.2) is 13.4 Å². The predicted octanol–water partition coefficient (Wildman–Crippen LogP) is 4.59. The number of carbonyl (C=O) groups is 1. The fourth-order valence-corrected chi connectivity index (χ4v) is 6.86. The molecule has 0 atom stereocenters. The van der Waals surface area contributed by atoms with Crippen LogP contribution in [0.4, 0.5) is 5.13 Å². The van der Waals surface area contributed by atoms with E-state index in [1.807, 2.05) is 19.0 Å². The van der Waals surface area contributed by atoms with Gasteiger partial charge >= 0.3 is 0 Å². The number of hydrogen-bond acceptors (Lipinski definition) is 7. The van der Waals surface area contributed by atoms with Crippen molar-refractivity contribution in [2.45, 2.75) is 24.7 Å². The van der Waals surface area contributed by atoms with Crippen LogP contribution in [0.2, 0.25) is 5.02 Å². The topological polar surface area (TPSA) is 83.0 Å². The second-order valence-electron chi connectivity index (χ2n) is 9.29. The van der Waals surface area contributed by atoms with Crippen LogP contribution in [-0.2, 0) is 10.0 Å². The van der Waals surface area contributed by atoms with Gasteiger partial charge < -0.3 is 9.64 Å². The maximum absolute atomic E-state index is 13.6. The molecule has 0 aliphatic carbocycles. The minimum Gasteiger partial charge on any atom is -0.494 e. The van der Waals surface area contributed by atoms with Crippen molar-refractivity contribution in [3.05, 3.63) is 47.0 Å². The van der Waals surface area contributed by atoms with E-state index < -0.39 is 10.0 Å². The number of hydrogen-bond donors (Lipinski definition) is 0. The van der Waals surface area contributed by atoms with E-state index in [2.05, 4.69) is 11.9 Å². The van der Waals surface area contributed by atoms with Crippen molar-refractivity contribution in [1.29, 1.82) is 0 Å². The van der Waals surface area contributed by atoms with Crippen LogP contribution >= 0.6 is 22.9 Å². The Labute approximate surface area is 221 Å². The van der Waals surface area contributed by atoms with E-state index in [0.717, 1.165) is 17.5 Å². The summed E-state index contributed by atoms with van der Waals surface area (Å²) < 4.78 is 33.9. The minimum atomic E-state index is -3.59. The lowest BCUT2D eigenvalue weighted by Gasteiger charge is -2.29. The third-order valence-electron chi connectivity index (χ3n) is 6.40. The number of amides is 1. The summed E-state index contributed by atoms with van der Waals surface area (Å²) >= 11 is 7.73. The molecule has 0 unspecified atom stereocenters. The lowest BCUT2D eigenvalue weighted by molar-refractivity contribution is 0.0985. The summed E-state index contributed by atoms with van der Waals surface area (Å²) in [6, 6.07) is 9.68. The molecule has 0 radical (unpaired) electrons. The third kappa shape index (κ3) is 5.52. The van der Waals surface area contributed by atoms with Crippen molar-refractivity contribution < 1.29 is 17.9 Å². The molecule has 1 aliphatic heterocycles. The van der Waals surface area contributed by atoms with Crippen LogP contribution in [0.25, 0.3) is 10.2 Å². The van der Waals surface area contributed by atoms with E-state index in [1.165, 1.54) is 27.8 Å². The summed E-state index contributed by atoms with van der Waals surface area (Å²) in [5, 5.41) is 1.04. The van der Waals surface area contributed by atoms with Crippen molar-refractivity contribution in [2.24, 2.45) is 5.92 Å². The normalized spacial score (nSPS) is 15.5. The number of rotatable bonds is 8. The van der Waals surface area contributed by atoms with Crippen molar-refractivity contribution in [3.8, 4) is 5.75 Å². The van der Waals surface area contributed by atoms with Crippen molar-refractivity contribution in [1.82, 2.24) is 14.2 Å². The first kappa shape index (κ1) is 26.8. The monoisotopic (exact) mass is 550 g/mol. The zero-order chi connectivity index (χ0) is 26.0. The Morgan fingerprint density at radius 2 is 1.81 bits per heavy atom. The number of methoxy groups -OCH3 is 1. The van der Waals surface area contributed by atoms with Crippen molar-refractivity contribution in [3.63, 3.8) is 0 Å². The summed E-state index contributed by atoms with van der Waals surface area (Å²) in [5.74, 6) is 0.849. The van der Waals surface area contributed by atoms with Gasteiger partial charge in [-0.05, 0) is 69.3 Å². The SMILES string of the molecule is COc1ccc(Cl)c2sc(N(CCN(C)C)C(=O)c3ccc(S(=O)(=O)N4CCC(C)CC4)cc3)nc12. The Kier molecular flexibility index (Phi) is 8.21. The zero-order valence-corrected chi connectivity index (χ0v) is 23.3. The fraction of sp³-hybridized carbons (Fsp3) is 0.440. The van der Waals surface area contributed by atoms with Crippen LogP contribution in [-0.4, -0.2) is 75.9 Å². The Hall–Kier alpha value is -2.24. The van der Waals surface area contributed by atoms with Gasteiger partial charge in [-0.1, -0.05) is 29.9 Å². The number of sulfonamides is 1. The summed E-state index contributed by atoms with van der Waals surface area (Å²) in [7, 11) is 1.84. The number of halogens is 1. The fourth-order valence-electron chi connectivity index (χ4n) is 4.11. The third-order valence-corrected chi connectivity index (χ3v) is 9.85. The molecule has 1 amide bonds. The van der Waals surface area contributed by atoms with Gasteiger partial charge in [0.25, 0.3) is 5.91 Å². The summed E-state index contributed by atoms with van der Waals surface area (Å²) in [6.07, 6.45) is 1.71. The van der Waals surface area contributed by atoms with Crippen LogP contribution < -0.4 is 9.64 Å². The minimum absolute atomic E-state index is 0.199. The molecule has 1 aromatic heterocycles. The number of carbonyl (C=O) groups excluding carboxylic acids is 1. The van der Waals surface area contributed by atoms with Gasteiger partial charge in [-0.3, -0.25) is 9.69 Å². The lowest BCUT2D eigenvalue weighted by atomic mass is 10.0. The second-order valence-corrected chi connectivity index (χ2v) is 12.6. The Morgan fingerprint density at radius 3 is 2.42 bits per heavy atom. The van der Waals surface area contributed by atoms with E-state index in [1.54, 1.807) is 36.3 Å². The number of nitrogens with zero attached hydrogens (tertiary/aromatic N) is 4. The molecular weight excluding hydrogens is 520 g/mol. The largest absolute Gasteiger partial charge is 0.494 e. The molecule has 2 aromatic carbocycles. The molecule has 4 rings (SSSR count). The Bertz CT molecular complexity index is 1330. The van der Waals surface area contributed by atoms with Crippen LogP contribution in [0, 0.1) is 5.92 Å². The van der Waals surface area contributed by atoms with Crippen molar-refractivity contribution >= 4 is 54.2 Å². The molecule has 0 spiro atoms. The number of likely N-dealkylation sites (N-methyl/N-ethyl adjacent to an activating group) is 1. The van der Waals surface area contributed by atoms with E-state index >= 15 is 0 Å². The van der Waals surface area contributed by atoms with Gasteiger partial charge in [0.2, 0.25) is 10.0 Å². The molecule has 0 bridgehead atoms. The number of ether oxygens (including phenoxy) is 1. The van der Waals surface area contributed by atoms with E-state index in [9.17, 15) is 13.2 Å².